The van der Waals surface area contributed by atoms with Crippen LogP contribution in [0.5, 0.6) is 0 Å². The molecule has 1 heterocycles. The number of rotatable bonds is 3. The van der Waals surface area contributed by atoms with Crippen molar-refractivity contribution in [1.82, 2.24) is 4.98 Å². The van der Waals surface area contributed by atoms with Crippen LogP contribution in [0.4, 0.5) is 0 Å². The number of nitrogens with zero attached hydrogens (tertiary/aromatic N) is 1. The number of benzene rings is 1. The lowest BCUT2D eigenvalue weighted by Gasteiger charge is -2.26. The average Bonchev–Trinajstić information content (AvgIpc) is 2.39. The van der Waals surface area contributed by atoms with E-state index in [4.69, 9.17) is 17.3 Å². The summed E-state index contributed by atoms with van der Waals surface area (Å²) in [6.45, 7) is 0.0449. The summed E-state index contributed by atoms with van der Waals surface area (Å²) in [4.78, 5) is 4.21. The van der Waals surface area contributed by atoms with E-state index in [1.54, 1.807) is 36.5 Å². The third-order valence-corrected chi connectivity index (χ3v) is 3.49. The predicted molar refractivity (Wildman–Crippen MR) is 75.4 cm³/mol. The predicted octanol–water partition coefficient (Wildman–Crippen LogP) is 2.69. The molecular weight excluding hydrogens is 316 g/mol. The number of hydrogen-bond donors (Lipinski definition) is 2. The van der Waals surface area contributed by atoms with Crippen molar-refractivity contribution in [3.8, 4) is 0 Å². The van der Waals surface area contributed by atoms with Gasteiger partial charge in [0.05, 0.1) is 5.69 Å². The SMILES string of the molecule is NCC(O)(c1ccc(Cl)cc1)c1ccc(Br)cn1. The van der Waals surface area contributed by atoms with Gasteiger partial charge in [-0.3, -0.25) is 4.98 Å². The van der Waals surface area contributed by atoms with E-state index in [-0.39, 0.29) is 6.54 Å². The minimum absolute atomic E-state index is 0.0449. The summed E-state index contributed by atoms with van der Waals surface area (Å²) in [5.74, 6) is 0. The van der Waals surface area contributed by atoms with Gasteiger partial charge < -0.3 is 10.8 Å². The summed E-state index contributed by atoms with van der Waals surface area (Å²) in [6.07, 6.45) is 1.63. The molecule has 0 saturated heterocycles. The first-order valence-electron chi connectivity index (χ1n) is 5.37. The van der Waals surface area contributed by atoms with E-state index in [0.717, 1.165) is 4.47 Å². The highest BCUT2D eigenvalue weighted by Crippen LogP contribution is 2.28. The van der Waals surface area contributed by atoms with E-state index in [2.05, 4.69) is 20.9 Å². The Hall–Kier alpha value is -0.940. The van der Waals surface area contributed by atoms with Gasteiger partial charge in [-0.2, -0.15) is 0 Å². The van der Waals surface area contributed by atoms with Crippen LogP contribution in [0, 0.1) is 0 Å². The smallest absolute Gasteiger partial charge is 0.143 e. The van der Waals surface area contributed by atoms with Crippen LogP contribution in [0.25, 0.3) is 0 Å². The average molecular weight is 328 g/mol. The topological polar surface area (TPSA) is 59.1 Å². The Balaban J connectivity index is 2.47. The van der Waals surface area contributed by atoms with Crippen LogP contribution in [0.1, 0.15) is 11.3 Å². The van der Waals surface area contributed by atoms with Crippen molar-refractivity contribution in [3.63, 3.8) is 0 Å². The molecule has 0 aliphatic carbocycles. The van der Waals surface area contributed by atoms with Crippen LogP contribution in [0.3, 0.4) is 0 Å². The highest BCUT2D eigenvalue weighted by atomic mass is 79.9. The minimum atomic E-state index is -1.30. The van der Waals surface area contributed by atoms with Crippen molar-refractivity contribution in [2.24, 2.45) is 5.73 Å². The van der Waals surface area contributed by atoms with Gasteiger partial charge in [0.1, 0.15) is 5.60 Å². The normalized spacial score (nSPS) is 14.2. The maximum Gasteiger partial charge on any atom is 0.143 e. The molecule has 18 heavy (non-hydrogen) atoms. The van der Waals surface area contributed by atoms with Crippen molar-refractivity contribution in [2.45, 2.75) is 5.60 Å². The Labute approximate surface area is 119 Å². The van der Waals surface area contributed by atoms with E-state index in [9.17, 15) is 5.11 Å². The van der Waals surface area contributed by atoms with Crippen molar-refractivity contribution < 1.29 is 5.11 Å². The molecule has 1 unspecified atom stereocenters. The number of aliphatic hydroxyl groups is 1. The maximum atomic E-state index is 10.7. The Morgan fingerprint density at radius 2 is 1.89 bits per heavy atom. The van der Waals surface area contributed by atoms with Crippen molar-refractivity contribution in [3.05, 3.63) is 63.3 Å². The summed E-state index contributed by atoms with van der Waals surface area (Å²) in [5, 5.41) is 11.3. The number of aromatic nitrogens is 1. The van der Waals surface area contributed by atoms with E-state index in [1.165, 1.54) is 0 Å². The molecule has 1 aromatic carbocycles. The Bertz CT molecular complexity index is 482. The molecule has 1 aromatic heterocycles. The van der Waals surface area contributed by atoms with Gasteiger partial charge in [-0.05, 0) is 45.8 Å². The molecule has 1 atom stereocenters. The minimum Gasteiger partial charge on any atom is -0.377 e. The molecule has 2 rings (SSSR count). The molecular formula is C13H12BrClN2O. The van der Waals surface area contributed by atoms with Crippen LogP contribution in [0.2, 0.25) is 5.02 Å². The van der Waals surface area contributed by atoms with Crippen molar-refractivity contribution >= 4 is 27.5 Å². The maximum absolute atomic E-state index is 10.7. The highest BCUT2D eigenvalue weighted by molar-refractivity contribution is 9.10. The first-order valence-corrected chi connectivity index (χ1v) is 6.54. The van der Waals surface area contributed by atoms with Gasteiger partial charge >= 0.3 is 0 Å². The Kier molecular flexibility index (Phi) is 4.02. The lowest BCUT2D eigenvalue weighted by Crippen LogP contribution is -2.36. The summed E-state index contributed by atoms with van der Waals surface area (Å²) >= 11 is 9.14. The fourth-order valence-electron chi connectivity index (χ4n) is 1.72. The lowest BCUT2D eigenvalue weighted by atomic mass is 9.90. The zero-order valence-electron chi connectivity index (χ0n) is 9.48. The Morgan fingerprint density at radius 3 is 2.39 bits per heavy atom. The first-order chi connectivity index (χ1) is 8.56. The van der Waals surface area contributed by atoms with Gasteiger partial charge in [0.25, 0.3) is 0 Å². The molecule has 3 nitrogen and oxygen atoms in total. The molecule has 0 saturated carbocycles. The van der Waals surface area contributed by atoms with Gasteiger partial charge in [0, 0.05) is 22.2 Å². The summed E-state index contributed by atoms with van der Waals surface area (Å²) in [7, 11) is 0. The quantitative estimate of drug-likeness (QED) is 0.911. The zero-order valence-corrected chi connectivity index (χ0v) is 11.8. The third kappa shape index (κ3) is 2.57. The van der Waals surface area contributed by atoms with Gasteiger partial charge in [0.2, 0.25) is 0 Å². The van der Waals surface area contributed by atoms with Gasteiger partial charge in [-0.15, -0.1) is 0 Å². The van der Waals surface area contributed by atoms with E-state index >= 15 is 0 Å². The molecule has 5 heteroatoms. The molecule has 0 aliphatic rings. The molecule has 0 radical (unpaired) electrons. The summed E-state index contributed by atoms with van der Waals surface area (Å²) in [6, 6.07) is 10.5. The molecule has 0 amide bonds. The molecule has 0 spiro atoms. The van der Waals surface area contributed by atoms with E-state index in [1.807, 2.05) is 6.07 Å². The largest absolute Gasteiger partial charge is 0.377 e. The van der Waals surface area contributed by atoms with Gasteiger partial charge in [-0.25, -0.2) is 0 Å². The molecule has 0 aliphatic heterocycles. The standard InChI is InChI=1S/C13H12BrClN2O/c14-10-3-6-12(17-7-10)13(18,8-16)9-1-4-11(15)5-2-9/h1-7,18H,8,16H2. The second kappa shape index (κ2) is 5.36. The second-order valence-corrected chi connectivity index (χ2v) is 5.29. The van der Waals surface area contributed by atoms with Crippen LogP contribution in [0.15, 0.2) is 47.1 Å². The molecule has 0 bridgehead atoms. The number of pyridine rings is 1. The van der Waals surface area contributed by atoms with E-state index < -0.39 is 5.60 Å². The van der Waals surface area contributed by atoms with Gasteiger partial charge in [-0.1, -0.05) is 23.7 Å². The van der Waals surface area contributed by atoms with Crippen LogP contribution in [-0.2, 0) is 5.60 Å². The molecule has 3 N–H and O–H groups in total. The monoisotopic (exact) mass is 326 g/mol. The van der Waals surface area contributed by atoms with Crippen LogP contribution < -0.4 is 5.73 Å². The van der Waals surface area contributed by atoms with E-state index in [0.29, 0.717) is 16.3 Å². The number of halogens is 2. The van der Waals surface area contributed by atoms with Crippen LogP contribution >= 0.6 is 27.5 Å². The fourth-order valence-corrected chi connectivity index (χ4v) is 2.08. The fraction of sp³-hybridized carbons (Fsp3) is 0.154. The second-order valence-electron chi connectivity index (χ2n) is 3.93. The lowest BCUT2D eigenvalue weighted by molar-refractivity contribution is 0.0855. The van der Waals surface area contributed by atoms with Crippen molar-refractivity contribution in [2.75, 3.05) is 6.54 Å². The van der Waals surface area contributed by atoms with Crippen LogP contribution in [-0.4, -0.2) is 16.6 Å². The van der Waals surface area contributed by atoms with Crippen molar-refractivity contribution in [1.29, 1.82) is 0 Å². The Morgan fingerprint density at radius 1 is 1.22 bits per heavy atom. The number of nitrogens with two attached hydrogens (primary N) is 1. The first kappa shape index (κ1) is 13.5. The highest BCUT2D eigenvalue weighted by Gasteiger charge is 2.31. The molecule has 0 fully saturated rings. The zero-order chi connectivity index (χ0) is 13.2. The summed E-state index contributed by atoms with van der Waals surface area (Å²) in [5.41, 5.74) is 5.59. The summed E-state index contributed by atoms with van der Waals surface area (Å²) < 4.78 is 0.849. The third-order valence-electron chi connectivity index (χ3n) is 2.77. The molecule has 94 valence electrons. The number of hydrogen-bond acceptors (Lipinski definition) is 3. The van der Waals surface area contributed by atoms with Gasteiger partial charge in [0.15, 0.2) is 0 Å². The molecule has 2 aromatic rings.